The monoisotopic (exact) mass is 242 g/mol. The van der Waals surface area contributed by atoms with Crippen LogP contribution in [-0.2, 0) is 11.8 Å². The first kappa shape index (κ1) is 9.25. The molecule has 0 aromatic carbocycles. The van der Waals surface area contributed by atoms with Crippen molar-refractivity contribution in [3.05, 3.63) is 17.2 Å². The Kier molecular flexibility index (Phi) is 2.45. The molecule has 0 saturated heterocycles. The summed E-state index contributed by atoms with van der Waals surface area (Å²) in [5, 5.41) is 0.892. The van der Waals surface area contributed by atoms with Crippen LogP contribution in [0.4, 0.5) is 0 Å². The molecule has 72 valence electrons. The highest BCUT2D eigenvalue weighted by molar-refractivity contribution is 9.08. The van der Waals surface area contributed by atoms with E-state index >= 15 is 0 Å². The minimum atomic E-state index is 0.643. The lowest BCUT2D eigenvalue weighted by molar-refractivity contribution is 0.423. The first-order valence-electron chi connectivity index (χ1n) is 4.86. The van der Waals surface area contributed by atoms with Crippen LogP contribution in [0.2, 0.25) is 0 Å². The number of hydrogen-bond acceptors (Lipinski definition) is 1. The lowest BCUT2D eigenvalue weighted by Crippen LogP contribution is -2.16. The number of fused-ring (bicyclic) bond motifs is 1. The Labute approximate surface area is 87.5 Å². The van der Waals surface area contributed by atoms with Crippen LogP contribution in [0, 0.1) is 6.92 Å². The zero-order valence-electron chi connectivity index (χ0n) is 8.18. The summed E-state index contributed by atoms with van der Waals surface area (Å²) in [6.07, 6.45) is 3.81. The molecule has 2 rings (SSSR count). The Morgan fingerprint density at radius 2 is 2.38 bits per heavy atom. The van der Waals surface area contributed by atoms with Crippen LogP contribution in [0.15, 0.2) is 0 Å². The van der Waals surface area contributed by atoms with Crippen molar-refractivity contribution in [2.24, 2.45) is 0 Å². The van der Waals surface area contributed by atoms with E-state index in [9.17, 15) is 0 Å². The second-order valence-electron chi connectivity index (χ2n) is 3.80. The number of rotatable bonds is 1. The van der Waals surface area contributed by atoms with E-state index in [0.717, 1.165) is 5.33 Å². The first-order valence-corrected chi connectivity index (χ1v) is 5.98. The van der Waals surface area contributed by atoms with Gasteiger partial charge in [0.25, 0.3) is 0 Å². The fourth-order valence-corrected chi connectivity index (χ4v) is 2.75. The molecule has 0 saturated carbocycles. The number of alkyl halides is 1. The van der Waals surface area contributed by atoms with Crippen molar-refractivity contribution in [3.8, 4) is 0 Å². The smallest absolute Gasteiger partial charge is 0.106 e. The molecule has 0 spiro atoms. The topological polar surface area (TPSA) is 17.8 Å². The molecule has 3 heteroatoms. The molecule has 1 aliphatic rings. The Hall–Kier alpha value is -0.310. The van der Waals surface area contributed by atoms with Crippen LogP contribution in [0.3, 0.4) is 0 Å². The second-order valence-corrected chi connectivity index (χ2v) is 4.36. The molecule has 0 aliphatic carbocycles. The third kappa shape index (κ3) is 1.43. The van der Waals surface area contributed by atoms with Crippen LogP contribution in [0.25, 0.3) is 0 Å². The minimum Gasteiger partial charge on any atom is -0.329 e. The van der Waals surface area contributed by atoms with Gasteiger partial charge in [-0.3, -0.25) is 0 Å². The van der Waals surface area contributed by atoms with Crippen molar-refractivity contribution in [1.29, 1.82) is 0 Å². The number of aryl methyl sites for hydroxylation is 1. The molecule has 1 aliphatic heterocycles. The average molecular weight is 243 g/mol. The largest absolute Gasteiger partial charge is 0.329 e. The molecule has 13 heavy (non-hydrogen) atoms. The van der Waals surface area contributed by atoms with Crippen molar-refractivity contribution in [1.82, 2.24) is 9.55 Å². The minimum absolute atomic E-state index is 0.643. The molecule has 0 amide bonds. The van der Waals surface area contributed by atoms with E-state index < -0.39 is 0 Å². The van der Waals surface area contributed by atoms with E-state index in [2.05, 4.69) is 39.3 Å². The number of nitrogens with zero attached hydrogens (tertiary/aromatic N) is 2. The Morgan fingerprint density at radius 1 is 1.62 bits per heavy atom. The summed E-state index contributed by atoms with van der Waals surface area (Å²) in [6, 6.07) is 0.643. The van der Waals surface area contributed by atoms with Gasteiger partial charge in [-0.1, -0.05) is 15.9 Å². The number of halogens is 1. The summed E-state index contributed by atoms with van der Waals surface area (Å²) in [4.78, 5) is 4.58. The molecule has 1 aromatic heterocycles. The van der Waals surface area contributed by atoms with Crippen molar-refractivity contribution >= 4 is 15.9 Å². The van der Waals surface area contributed by atoms with E-state index in [0.29, 0.717) is 6.04 Å². The van der Waals surface area contributed by atoms with Crippen LogP contribution in [0.1, 0.15) is 43.0 Å². The molecule has 1 unspecified atom stereocenters. The quantitative estimate of drug-likeness (QED) is 0.693. The van der Waals surface area contributed by atoms with E-state index in [1.54, 1.807) is 0 Å². The van der Waals surface area contributed by atoms with E-state index in [-0.39, 0.29) is 0 Å². The van der Waals surface area contributed by atoms with Gasteiger partial charge < -0.3 is 4.57 Å². The average Bonchev–Trinajstić information content (AvgIpc) is 2.44. The summed E-state index contributed by atoms with van der Waals surface area (Å²) in [6.45, 7) is 4.40. The second kappa shape index (κ2) is 3.45. The van der Waals surface area contributed by atoms with Gasteiger partial charge in [0.05, 0.1) is 5.69 Å². The van der Waals surface area contributed by atoms with E-state index in [4.69, 9.17) is 0 Å². The van der Waals surface area contributed by atoms with Crippen LogP contribution >= 0.6 is 15.9 Å². The molecule has 0 N–H and O–H groups in total. The molecule has 0 bridgehead atoms. The Morgan fingerprint density at radius 3 is 3.08 bits per heavy atom. The lowest BCUT2D eigenvalue weighted by atomic mass is 10.0. The van der Waals surface area contributed by atoms with Crippen molar-refractivity contribution in [2.45, 2.75) is 44.5 Å². The number of imidazole rings is 1. The van der Waals surface area contributed by atoms with Gasteiger partial charge in [-0.25, -0.2) is 4.98 Å². The van der Waals surface area contributed by atoms with E-state index in [1.807, 2.05) is 0 Å². The molecule has 2 heterocycles. The molecular weight excluding hydrogens is 228 g/mol. The highest BCUT2D eigenvalue weighted by Crippen LogP contribution is 2.28. The normalized spacial score (nSPS) is 21.6. The maximum atomic E-state index is 4.58. The maximum absolute atomic E-state index is 4.58. The summed E-state index contributed by atoms with van der Waals surface area (Å²) >= 11 is 3.49. The zero-order valence-corrected chi connectivity index (χ0v) is 9.76. The molecule has 1 atom stereocenters. The fourth-order valence-electron chi connectivity index (χ4n) is 2.30. The van der Waals surface area contributed by atoms with E-state index in [1.165, 1.54) is 36.5 Å². The van der Waals surface area contributed by atoms with Crippen molar-refractivity contribution in [3.63, 3.8) is 0 Å². The summed E-state index contributed by atoms with van der Waals surface area (Å²) < 4.78 is 2.40. The summed E-state index contributed by atoms with van der Waals surface area (Å²) in [5.41, 5.74) is 2.69. The SMILES string of the molecule is Cc1nc(CBr)c2n1C(C)CCC2. The first-order chi connectivity index (χ1) is 6.24. The highest BCUT2D eigenvalue weighted by Gasteiger charge is 2.21. The van der Waals surface area contributed by atoms with Crippen LogP contribution < -0.4 is 0 Å². The van der Waals surface area contributed by atoms with Gasteiger partial charge in [0.2, 0.25) is 0 Å². The zero-order chi connectivity index (χ0) is 9.42. The van der Waals surface area contributed by atoms with Gasteiger partial charge in [-0.05, 0) is 33.1 Å². The van der Waals surface area contributed by atoms with Gasteiger partial charge in [0.15, 0.2) is 0 Å². The third-order valence-corrected chi connectivity index (χ3v) is 3.40. The molecule has 0 fully saturated rings. The highest BCUT2D eigenvalue weighted by atomic mass is 79.9. The fraction of sp³-hybridized carbons (Fsp3) is 0.700. The van der Waals surface area contributed by atoms with Gasteiger partial charge >= 0.3 is 0 Å². The van der Waals surface area contributed by atoms with Crippen LogP contribution in [0.5, 0.6) is 0 Å². The van der Waals surface area contributed by atoms with Crippen molar-refractivity contribution < 1.29 is 0 Å². The molecule has 1 aromatic rings. The van der Waals surface area contributed by atoms with Crippen molar-refractivity contribution in [2.75, 3.05) is 0 Å². The predicted octanol–water partition coefficient (Wildman–Crippen LogP) is 2.98. The third-order valence-electron chi connectivity index (χ3n) is 2.87. The van der Waals surface area contributed by atoms with Crippen LogP contribution in [-0.4, -0.2) is 9.55 Å². The molecule has 2 nitrogen and oxygen atoms in total. The molecule has 0 radical (unpaired) electrons. The van der Waals surface area contributed by atoms with Gasteiger partial charge in [-0.2, -0.15) is 0 Å². The predicted molar refractivity (Wildman–Crippen MR) is 57.2 cm³/mol. The van der Waals surface area contributed by atoms with Gasteiger partial charge in [-0.15, -0.1) is 0 Å². The standard InChI is InChI=1S/C10H15BrN2/c1-7-4-3-5-10-9(6-11)12-8(2)13(7)10/h7H,3-6H2,1-2H3. The number of aromatic nitrogens is 2. The number of hydrogen-bond donors (Lipinski definition) is 0. The van der Waals surface area contributed by atoms with Gasteiger partial charge in [0.1, 0.15) is 5.82 Å². The van der Waals surface area contributed by atoms with Gasteiger partial charge in [0, 0.05) is 17.1 Å². The Bertz CT molecular complexity index is 317. The Balaban J connectivity index is 2.51. The lowest BCUT2D eigenvalue weighted by Gasteiger charge is -2.23. The summed E-state index contributed by atoms with van der Waals surface area (Å²) in [7, 11) is 0. The maximum Gasteiger partial charge on any atom is 0.106 e. The summed E-state index contributed by atoms with van der Waals surface area (Å²) in [5.74, 6) is 1.18. The molecular formula is C10H15BrN2.